The Morgan fingerprint density at radius 1 is 1.33 bits per heavy atom. The first-order chi connectivity index (χ1) is 5.86. The van der Waals surface area contributed by atoms with Crippen molar-refractivity contribution in [3.63, 3.8) is 0 Å². The zero-order valence-corrected chi connectivity index (χ0v) is 6.46. The van der Waals surface area contributed by atoms with E-state index in [1.165, 1.54) is 0 Å². The van der Waals surface area contributed by atoms with E-state index in [1.54, 1.807) is 12.1 Å². The molecular formula is C9H8N3. The van der Waals surface area contributed by atoms with Crippen LogP contribution in [-0.2, 0) is 6.54 Å². The average Bonchev–Trinajstić information content (AvgIpc) is 2.15. The van der Waals surface area contributed by atoms with Crippen molar-refractivity contribution in [3.05, 3.63) is 35.4 Å². The van der Waals surface area contributed by atoms with Crippen LogP contribution in [0.5, 0.6) is 0 Å². The van der Waals surface area contributed by atoms with Crippen LogP contribution in [0, 0.1) is 16.7 Å². The summed E-state index contributed by atoms with van der Waals surface area (Å²) in [6, 6.07) is 9.24. The lowest BCUT2D eigenvalue weighted by molar-refractivity contribution is 0.928. The van der Waals surface area contributed by atoms with Gasteiger partial charge in [-0.25, -0.2) is 0 Å². The molecule has 0 bridgehead atoms. The van der Waals surface area contributed by atoms with Gasteiger partial charge in [-0.15, -0.1) is 0 Å². The Kier molecular flexibility index (Phi) is 2.86. The summed E-state index contributed by atoms with van der Waals surface area (Å²) in [6.45, 7) is 0.579. The van der Waals surface area contributed by atoms with E-state index >= 15 is 0 Å². The van der Waals surface area contributed by atoms with Crippen LogP contribution in [0.2, 0.25) is 0 Å². The average molecular weight is 158 g/mol. The molecule has 0 saturated heterocycles. The van der Waals surface area contributed by atoms with Crippen LogP contribution in [0.4, 0.5) is 0 Å². The highest BCUT2D eigenvalue weighted by Gasteiger charge is 1.91. The first-order valence-electron chi connectivity index (χ1n) is 3.50. The number of nitriles is 1. The van der Waals surface area contributed by atoms with E-state index in [0.29, 0.717) is 12.1 Å². The van der Waals surface area contributed by atoms with Crippen LogP contribution < -0.4 is 5.32 Å². The Labute approximate surface area is 71.2 Å². The number of nitrogens with one attached hydrogen (secondary N) is 2. The minimum atomic E-state index is 0.579. The first-order valence-corrected chi connectivity index (χ1v) is 3.50. The van der Waals surface area contributed by atoms with Crippen molar-refractivity contribution in [2.75, 3.05) is 0 Å². The number of hydrogen-bond donors (Lipinski definition) is 2. The minimum absolute atomic E-state index is 0.579. The molecule has 0 unspecified atom stereocenters. The summed E-state index contributed by atoms with van der Waals surface area (Å²) < 4.78 is 0. The van der Waals surface area contributed by atoms with Gasteiger partial charge in [0.25, 0.3) is 0 Å². The predicted octanol–water partition coefficient (Wildman–Crippen LogP) is 1.13. The highest BCUT2D eigenvalue weighted by atomic mass is 14.9. The molecule has 0 spiro atoms. The van der Waals surface area contributed by atoms with Gasteiger partial charge in [0.1, 0.15) is 0 Å². The van der Waals surface area contributed by atoms with Crippen molar-refractivity contribution in [2.24, 2.45) is 0 Å². The molecule has 2 N–H and O–H groups in total. The molecule has 3 nitrogen and oxygen atoms in total. The molecule has 3 heteroatoms. The molecule has 0 aliphatic rings. The summed E-state index contributed by atoms with van der Waals surface area (Å²) >= 11 is 0. The van der Waals surface area contributed by atoms with Crippen LogP contribution in [0.3, 0.4) is 0 Å². The zero-order chi connectivity index (χ0) is 8.81. The van der Waals surface area contributed by atoms with Crippen molar-refractivity contribution < 1.29 is 0 Å². The van der Waals surface area contributed by atoms with E-state index in [2.05, 4.69) is 11.7 Å². The van der Waals surface area contributed by atoms with Gasteiger partial charge in [0.15, 0.2) is 6.34 Å². The zero-order valence-electron chi connectivity index (χ0n) is 6.46. The fourth-order valence-electron chi connectivity index (χ4n) is 0.843. The van der Waals surface area contributed by atoms with E-state index in [4.69, 9.17) is 10.7 Å². The second-order valence-electron chi connectivity index (χ2n) is 2.29. The monoisotopic (exact) mass is 158 g/mol. The smallest absolute Gasteiger partial charge is 0.161 e. The van der Waals surface area contributed by atoms with Gasteiger partial charge in [-0.3, -0.25) is 5.41 Å². The van der Waals surface area contributed by atoms with Gasteiger partial charge in [0.2, 0.25) is 0 Å². The molecule has 0 amide bonds. The number of rotatable bonds is 3. The molecule has 1 aromatic rings. The third-order valence-electron chi connectivity index (χ3n) is 1.46. The van der Waals surface area contributed by atoms with E-state index in [9.17, 15) is 0 Å². The quantitative estimate of drug-likeness (QED) is 0.393. The Balaban J connectivity index is 2.66. The molecule has 0 fully saturated rings. The second kappa shape index (κ2) is 4.14. The van der Waals surface area contributed by atoms with Crippen LogP contribution >= 0.6 is 0 Å². The van der Waals surface area contributed by atoms with Gasteiger partial charge in [-0.1, -0.05) is 12.1 Å². The molecule has 12 heavy (non-hydrogen) atoms. The number of nitrogens with zero attached hydrogens (tertiary/aromatic N) is 1. The van der Waals surface area contributed by atoms with Crippen LogP contribution in [0.1, 0.15) is 11.1 Å². The van der Waals surface area contributed by atoms with Crippen molar-refractivity contribution in [1.82, 2.24) is 5.32 Å². The van der Waals surface area contributed by atoms with Crippen LogP contribution in [0.15, 0.2) is 24.3 Å². The van der Waals surface area contributed by atoms with Crippen LogP contribution in [0.25, 0.3) is 0 Å². The molecule has 1 rings (SSSR count). The third-order valence-corrected chi connectivity index (χ3v) is 1.46. The van der Waals surface area contributed by atoms with Crippen molar-refractivity contribution in [3.8, 4) is 6.07 Å². The summed E-state index contributed by atoms with van der Waals surface area (Å²) in [5.41, 5.74) is 1.69. The van der Waals surface area contributed by atoms with Gasteiger partial charge < -0.3 is 5.32 Å². The molecule has 0 aromatic heterocycles. The Morgan fingerprint density at radius 3 is 2.50 bits per heavy atom. The maximum absolute atomic E-state index is 8.50. The van der Waals surface area contributed by atoms with Gasteiger partial charge in [-0.05, 0) is 17.7 Å². The summed E-state index contributed by atoms with van der Waals surface area (Å²) in [4.78, 5) is 0. The van der Waals surface area contributed by atoms with Gasteiger partial charge in [0.05, 0.1) is 11.6 Å². The highest BCUT2D eigenvalue weighted by Crippen LogP contribution is 2.01. The molecule has 1 radical (unpaired) electrons. The van der Waals surface area contributed by atoms with E-state index in [1.807, 2.05) is 18.2 Å². The lowest BCUT2D eigenvalue weighted by atomic mass is 10.1. The van der Waals surface area contributed by atoms with Crippen molar-refractivity contribution in [2.45, 2.75) is 6.54 Å². The Hall–Kier alpha value is -1.82. The van der Waals surface area contributed by atoms with Crippen LogP contribution in [-0.4, -0.2) is 6.34 Å². The largest absolute Gasteiger partial charge is 0.363 e. The predicted molar refractivity (Wildman–Crippen MR) is 45.7 cm³/mol. The molecule has 0 aliphatic heterocycles. The lowest BCUT2D eigenvalue weighted by Crippen LogP contribution is -2.08. The normalized spacial score (nSPS) is 8.58. The number of hydrogen-bond acceptors (Lipinski definition) is 2. The van der Waals surface area contributed by atoms with Gasteiger partial charge >= 0.3 is 0 Å². The van der Waals surface area contributed by atoms with Crippen molar-refractivity contribution in [1.29, 1.82) is 10.7 Å². The van der Waals surface area contributed by atoms with Gasteiger partial charge in [0, 0.05) is 6.54 Å². The molecule has 1 aromatic carbocycles. The molecule has 59 valence electrons. The lowest BCUT2D eigenvalue weighted by Gasteiger charge is -1.98. The number of benzene rings is 1. The molecule has 0 atom stereocenters. The fraction of sp³-hybridized carbons (Fsp3) is 0.111. The van der Waals surface area contributed by atoms with Crippen molar-refractivity contribution >= 4 is 6.34 Å². The van der Waals surface area contributed by atoms with Gasteiger partial charge in [-0.2, -0.15) is 5.26 Å². The highest BCUT2D eigenvalue weighted by molar-refractivity contribution is 5.49. The minimum Gasteiger partial charge on any atom is -0.363 e. The Morgan fingerprint density at radius 2 is 2.00 bits per heavy atom. The summed E-state index contributed by atoms with van der Waals surface area (Å²) in [7, 11) is 0. The molecular weight excluding hydrogens is 150 g/mol. The first kappa shape index (κ1) is 8.28. The van der Waals surface area contributed by atoms with E-state index < -0.39 is 0 Å². The maximum atomic E-state index is 8.50. The second-order valence-corrected chi connectivity index (χ2v) is 2.29. The Bertz CT molecular complexity index is 295. The topological polar surface area (TPSA) is 59.7 Å². The van der Waals surface area contributed by atoms with E-state index in [-0.39, 0.29) is 0 Å². The third kappa shape index (κ3) is 2.10. The SMILES string of the molecule is N#Cc1ccc(CN[C]=N)cc1. The molecule has 0 saturated carbocycles. The fourth-order valence-corrected chi connectivity index (χ4v) is 0.843. The van der Waals surface area contributed by atoms with E-state index in [0.717, 1.165) is 5.56 Å². The maximum Gasteiger partial charge on any atom is 0.161 e. The summed E-state index contributed by atoms with van der Waals surface area (Å²) in [5, 5.41) is 17.7. The standard InChI is InChI=1S/C9H8N3/c10-5-8-1-3-9(4-2-8)6-12-7-11/h1-4H,6H2,(H2,11,12). The molecule has 0 aliphatic carbocycles. The summed E-state index contributed by atoms with van der Waals surface area (Å²) in [6.07, 6.45) is 2.08. The summed E-state index contributed by atoms with van der Waals surface area (Å²) in [5.74, 6) is 0. The molecule has 0 heterocycles.